The Bertz CT molecular complexity index is 1050. The molecule has 8 nitrogen and oxygen atoms in total. The fraction of sp³-hybridized carbons (Fsp3) is 0.0625. The first-order chi connectivity index (χ1) is 12.3. The fourth-order valence-corrected chi connectivity index (χ4v) is 3.29. The van der Waals surface area contributed by atoms with Crippen LogP contribution in [0.3, 0.4) is 0 Å². The predicted molar refractivity (Wildman–Crippen MR) is 91.6 cm³/mol. The molecule has 0 atom stereocenters. The standard InChI is InChI=1S/C16H13FN4O4S/c17-16-4-2-1-3-12(16)10-20-11-13(9-18-20)19-26(24,25)15-7-5-14(6-8-15)21(22)23/h1-9,11,19H,10H2. The van der Waals surface area contributed by atoms with Crippen LogP contribution in [0.4, 0.5) is 15.8 Å². The second-order valence-electron chi connectivity index (χ2n) is 5.37. The minimum Gasteiger partial charge on any atom is -0.276 e. The van der Waals surface area contributed by atoms with Crippen LogP contribution in [0.2, 0.25) is 0 Å². The van der Waals surface area contributed by atoms with Crippen molar-refractivity contribution in [2.45, 2.75) is 11.4 Å². The maximum Gasteiger partial charge on any atom is 0.269 e. The Labute approximate surface area is 148 Å². The highest BCUT2D eigenvalue weighted by Gasteiger charge is 2.17. The number of hydrogen-bond acceptors (Lipinski definition) is 5. The number of benzene rings is 2. The van der Waals surface area contributed by atoms with Gasteiger partial charge in [-0.25, -0.2) is 12.8 Å². The summed E-state index contributed by atoms with van der Waals surface area (Å²) in [5.41, 5.74) is 0.404. The van der Waals surface area contributed by atoms with Crippen LogP contribution >= 0.6 is 0 Å². The topological polar surface area (TPSA) is 107 Å². The lowest BCUT2D eigenvalue weighted by Crippen LogP contribution is -2.12. The smallest absolute Gasteiger partial charge is 0.269 e. The Morgan fingerprint density at radius 1 is 1.15 bits per heavy atom. The number of nitrogens with zero attached hydrogens (tertiary/aromatic N) is 3. The Morgan fingerprint density at radius 3 is 2.50 bits per heavy atom. The number of sulfonamides is 1. The van der Waals surface area contributed by atoms with E-state index in [0.29, 0.717) is 5.56 Å². The van der Waals surface area contributed by atoms with Crippen molar-refractivity contribution in [3.8, 4) is 0 Å². The lowest BCUT2D eigenvalue weighted by Gasteiger charge is -2.06. The van der Waals surface area contributed by atoms with E-state index in [9.17, 15) is 22.9 Å². The zero-order chi connectivity index (χ0) is 18.7. The van der Waals surface area contributed by atoms with Gasteiger partial charge in [-0.15, -0.1) is 0 Å². The van der Waals surface area contributed by atoms with E-state index in [2.05, 4.69) is 9.82 Å². The van der Waals surface area contributed by atoms with E-state index in [1.807, 2.05) is 0 Å². The summed E-state index contributed by atoms with van der Waals surface area (Å²) in [5, 5.41) is 14.6. The Kier molecular flexibility index (Phi) is 4.67. The Morgan fingerprint density at radius 2 is 1.85 bits per heavy atom. The molecule has 0 unspecified atom stereocenters. The molecule has 1 N–H and O–H groups in total. The van der Waals surface area contributed by atoms with Gasteiger partial charge in [0, 0.05) is 23.9 Å². The third kappa shape index (κ3) is 3.86. The summed E-state index contributed by atoms with van der Waals surface area (Å²) in [4.78, 5) is 9.90. The molecule has 134 valence electrons. The number of nitrogens with one attached hydrogen (secondary N) is 1. The van der Waals surface area contributed by atoms with Crippen molar-refractivity contribution in [1.82, 2.24) is 9.78 Å². The summed E-state index contributed by atoms with van der Waals surface area (Å²) >= 11 is 0. The molecular weight excluding hydrogens is 363 g/mol. The molecule has 0 spiro atoms. The van der Waals surface area contributed by atoms with Crippen LogP contribution in [0, 0.1) is 15.9 Å². The van der Waals surface area contributed by atoms with Crippen molar-refractivity contribution in [2.75, 3.05) is 4.72 Å². The van der Waals surface area contributed by atoms with Crippen LogP contribution in [0.15, 0.2) is 65.8 Å². The van der Waals surface area contributed by atoms with E-state index in [0.717, 1.165) is 24.3 Å². The van der Waals surface area contributed by atoms with E-state index < -0.39 is 14.9 Å². The molecule has 26 heavy (non-hydrogen) atoms. The Hall–Kier alpha value is -3.27. The molecule has 1 heterocycles. The summed E-state index contributed by atoms with van der Waals surface area (Å²) in [7, 11) is -3.92. The summed E-state index contributed by atoms with van der Waals surface area (Å²) in [5.74, 6) is -0.379. The van der Waals surface area contributed by atoms with Crippen molar-refractivity contribution >= 4 is 21.4 Å². The Balaban J connectivity index is 1.75. The van der Waals surface area contributed by atoms with Crippen LogP contribution in [0.1, 0.15) is 5.56 Å². The van der Waals surface area contributed by atoms with Crippen molar-refractivity contribution in [3.05, 3.63) is 82.4 Å². The van der Waals surface area contributed by atoms with Gasteiger partial charge in [-0.2, -0.15) is 5.10 Å². The molecule has 3 aromatic rings. The molecule has 0 fully saturated rings. The van der Waals surface area contributed by atoms with Gasteiger partial charge in [0.2, 0.25) is 0 Å². The van der Waals surface area contributed by atoms with Crippen molar-refractivity contribution in [2.24, 2.45) is 0 Å². The van der Waals surface area contributed by atoms with Crippen LogP contribution < -0.4 is 4.72 Å². The number of nitro benzene ring substituents is 1. The minimum absolute atomic E-state index is 0.120. The highest BCUT2D eigenvalue weighted by molar-refractivity contribution is 7.92. The largest absolute Gasteiger partial charge is 0.276 e. The van der Waals surface area contributed by atoms with Gasteiger partial charge in [0.05, 0.1) is 28.2 Å². The van der Waals surface area contributed by atoms with Gasteiger partial charge < -0.3 is 0 Å². The fourth-order valence-electron chi connectivity index (χ4n) is 2.26. The number of non-ortho nitro benzene ring substituents is 1. The first kappa shape index (κ1) is 17.5. The highest BCUT2D eigenvalue weighted by Crippen LogP contribution is 2.19. The van der Waals surface area contributed by atoms with Crippen LogP contribution in [-0.4, -0.2) is 23.1 Å². The van der Waals surface area contributed by atoms with E-state index in [4.69, 9.17) is 0 Å². The van der Waals surface area contributed by atoms with E-state index in [1.54, 1.807) is 18.2 Å². The number of halogens is 1. The molecule has 0 bridgehead atoms. The first-order valence-electron chi connectivity index (χ1n) is 7.38. The zero-order valence-corrected chi connectivity index (χ0v) is 14.1. The quantitative estimate of drug-likeness (QED) is 0.526. The third-order valence-electron chi connectivity index (χ3n) is 3.53. The molecule has 0 saturated carbocycles. The van der Waals surface area contributed by atoms with Gasteiger partial charge in [-0.1, -0.05) is 18.2 Å². The average Bonchev–Trinajstić information content (AvgIpc) is 3.03. The molecule has 0 saturated heterocycles. The molecule has 0 aliphatic carbocycles. The SMILES string of the molecule is O=[N+]([O-])c1ccc(S(=O)(=O)Nc2cnn(Cc3ccccc3F)c2)cc1. The monoisotopic (exact) mass is 376 g/mol. The van der Waals surface area contributed by atoms with Gasteiger partial charge in [0.15, 0.2) is 0 Å². The first-order valence-corrected chi connectivity index (χ1v) is 8.86. The van der Waals surface area contributed by atoms with Crippen LogP contribution in [-0.2, 0) is 16.6 Å². The van der Waals surface area contributed by atoms with Crippen LogP contribution in [0.25, 0.3) is 0 Å². The molecule has 0 aliphatic heterocycles. The molecule has 0 radical (unpaired) electrons. The molecule has 2 aromatic carbocycles. The van der Waals surface area contributed by atoms with Crippen molar-refractivity contribution in [3.63, 3.8) is 0 Å². The van der Waals surface area contributed by atoms with Gasteiger partial charge in [-0.3, -0.25) is 19.5 Å². The third-order valence-corrected chi connectivity index (χ3v) is 4.93. The zero-order valence-electron chi connectivity index (χ0n) is 13.2. The summed E-state index contributed by atoms with van der Waals surface area (Å²) in [6.07, 6.45) is 2.72. The van der Waals surface area contributed by atoms with E-state index in [-0.39, 0.29) is 28.6 Å². The molecule has 3 rings (SSSR count). The average molecular weight is 376 g/mol. The summed E-state index contributed by atoms with van der Waals surface area (Å²) in [6.45, 7) is 0.145. The predicted octanol–water partition coefficient (Wildman–Crippen LogP) is 2.78. The summed E-state index contributed by atoms with van der Waals surface area (Å²) < 4.78 is 42.0. The normalized spacial score (nSPS) is 11.3. The van der Waals surface area contributed by atoms with Crippen molar-refractivity contribution < 1.29 is 17.7 Å². The highest BCUT2D eigenvalue weighted by atomic mass is 32.2. The van der Waals surface area contributed by atoms with Gasteiger partial charge >= 0.3 is 0 Å². The number of aromatic nitrogens is 2. The number of hydrogen-bond donors (Lipinski definition) is 1. The van der Waals surface area contributed by atoms with Gasteiger partial charge in [-0.05, 0) is 18.2 Å². The molecule has 10 heteroatoms. The van der Waals surface area contributed by atoms with E-state index in [1.165, 1.54) is 23.1 Å². The van der Waals surface area contributed by atoms with Gasteiger partial charge in [0.25, 0.3) is 15.7 Å². The number of nitro groups is 1. The molecular formula is C16H13FN4O4S. The van der Waals surface area contributed by atoms with Crippen LogP contribution in [0.5, 0.6) is 0 Å². The maximum atomic E-state index is 13.7. The number of anilines is 1. The van der Waals surface area contributed by atoms with E-state index >= 15 is 0 Å². The minimum atomic E-state index is -3.92. The molecule has 1 aromatic heterocycles. The van der Waals surface area contributed by atoms with Gasteiger partial charge in [0.1, 0.15) is 5.82 Å². The summed E-state index contributed by atoms with van der Waals surface area (Å²) in [6, 6.07) is 10.7. The second-order valence-corrected chi connectivity index (χ2v) is 7.06. The maximum absolute atomic E-state index is 13.7. The molecule has 0 aliphatic rings. The number of rotatable bonds is 6. The second kappa shape index (κ2) is 6.92. The van der Waals surface area contributed by atoms with Crippen molar-refractivity contribution in [1.29, 1.82) is 0 Å². The molecule has 0 amide bonds. The lowest BCUT2D eigenvalue weighted by molar-refractivity contribution is -0.384. The lowest BCUT2D eigenvalue weighted by atomic mass is 10.2.